The van der Waals surface area contributed by atoms with E-state index in [1.54, 1.807) is 0 Å². The van der Waals surface area contributed by atoms with E-state index in [1.807, 2.05) is 33.2 Å². The van der Waals surface area contributed by atoms with Crippen LogP contribution in [0.15, 0.2) is 18.3 Å². The molecule has 0 fully saturated rings. The van der Waals surface area contributed by atoms with E-state index in [0.29, 0.717) is 0 Å². The van der Waals surface area contributed by atoms with Gasteiger partial charge in [-0.2, -0.15) is 0 Å². The second kappa shape index (κ2) is 5.78. The Labute approximate surface area is 114 Å². The molecule has 19 heavy (non-hydrogen) atoms. The lowest BCUT2D eigenvalue weighted by molar-refractivity contribution is 0.834. The molecule has 0 aliphatic carbocycles. The number of nitrogens with one attached hydrogen (secondary N) is 1. The second-order valence-electron chi connectivity index (χ2n) is 4.65. The Bertz CT molecular complexity index is 561. The van der Waals surface area contributed by atoms with Gasteiger partial charge in [-0.15, -0.1) is 0 Å². The summed E-state index contributed by atoms with van der Waals surface area (Å²) in [7, 11) is 1.89. The first kappa shape index (κ1) is 13.5. The monoisotopic (exact) mass is 256 g/mol. The summed E-state index contributed by atoms with van der Waals surface area (Å²) in [6, 6.07) is 4.07. The fourth-order valence-corrected chi connectivity index (χ4v) is 2.03. The summed E-state index contributed by atoms with van der Waals surface area (Å²) in [6.45, 7) is 6.16. The maximum Gasteiger partial charge on any atom is 0.133 e. The van der Waals surface area contributed by atoms with E-state index in [-0.39, 0.29) is 0 Å². The Morgan fingerprint density at radius 1 is 1.16 bits per heavy atom. The highest BCUT2D eigenvalue weighted by molar-refractivity contribution is 5.67. The van der Waals surface area contributed by atoms with E-state index in [9.17, 15) is 0 Å². The number of nitrogens with zero attached hydrogens (tertiary/aromatic N) is 3. The average molecular weight is 256 g/mol. The third kappa shape index (κ3) is 2.89. The molecule has 0 bridgehead atoms. The van der Waals surface area contributed by atoms with Gasteiger partial charge in [0, 0.05) is 36.5 Å². The van der Waals surface area contributed by atoms with Gasteiger partial charge in [0.25, 0.3) is 0 Å². The van der Waals surface area contributed by atoms with Crippen molar-refractivity contribution < 1.29 is 0 Å². The summed E-state index contributed by atoms with van der Waals surface area (Å²) < 4.78 is 0. The van der Waals surface area contributed by atoms with Crippen molar-refractivity contribution in [2.45, 2.75) is 33.6 Å². The van der Waals surface area contributed by atoms with Crippen molar-refractivity contribution in [3.8, 4) is 11.3 Å². The number of rotatable bonds is 4. The molecular weight excluding hydrogens is 236 g/mol. The fourth-order valence-electron chi connectivity index (χ4n) is 2.03. The van der Waals surface area contributed by atoms with Crippen LogP contribution in [0.25, 0.3) is 11.3 Å². The molecule has 2 rings (SSSR count). The first-order valence-corrected chi connectivity index (χ1v) is 6.64. The van der Waals surface area contributed by atoms with Gasteiger partial charge in [-0.25, -0.2) is 9.97 Å². The van der Waals surface area contributed by atoms with E-state index >= 15 is 0 Å². The Morgan fingerprint density at radius 3 is 2.53 bits per heavy atom. The lowest BCUT2D eigenvalue weighted by Crippen LogP contribution is -2.05. The molecule has 0 aliphatic heterocycles. The van der Waals surface area contributed by atoms with Crippen LogP contribution >= 0.6 is 0 Å². The highest BCUT2D eigenvalue weighted by Gasteiger charge is 2.11. The summed E-state index contributed by atoms with van der Waals surface area (Å²) in [5.41, 5.74) is 4.08. The van der Waals surface area contributed by atoms with Crippen LogP contribution in [0.4, 0.5) is 5.82 Å². The van der Waals surface area contributed by atoms with Crippen molar-refractivity contribution in [2.24, 2.45) is 0 Å². The third-order valence-corrected chi connectivity index (χ3v) is 3.09. The molecule has 100 valence electrons. The van der Waals surface area contributed by atoms with Crippen LogP contribution in [0.1, 0.15) is 30.4 Å². The van der Waals surface area contributed by atoms with Crippen molar-refractivity contribution in [1.82, 2.24) is 15.0 Å². The molecule has 0 saturated carbocycles. The zero-order valence-electron chi connectivity index (χ0n) is 12.0. The normalized spacial score (nSPS) is 10.5. The molecule has 0 spiro atoms. The fraction of sp³-hybridized carbons (Fsp3) is 0.400. The predicted octanol–water partition coefficient (Wildman–Crippen LogP) is 3.15. The number of aryl methyl sites for hydroxylation is 2. The summed E-state index contributed by atoms with van der Waals surface area (Å²) in [6.07, 6.45) is 3.80. The van der Waals surface area contributed by atoms with Gasteiger partial charge in [0.15, 0.2) is 0 Å². The van der Waals surface area contributed by atoms with Gasteiger partial charge in [0.1, 0.15) is 11.6 Å². The standard InChI is InChI=1S/C15H20N4/c1-5-6-13-18-14(11(3)15(16-4)19-13)12-8-7-10(2)17-9-12/h7-9H,5-6H2,1-4H3,(H,16,18,19). The molecule has 2 aromatic rings. The molecule has 0 atom stereocenters. The van der Waals surface area contributed by atoms with Gasteiger partial charge in [-0.05, 0) is 32.4 Å². The molecule has 2 aromatic heterocycles. The molecule has 4 heteroatoms. The molecule has 2 heterocycles. The van der Waals surface area contributed by atoms with Crippen LogP contribution in [-0.2, 0) is 6.42 Å². The minimum atomic E-state index is 0.882. The molecule has 0 radical (unpaired) electrons. The smallest absolute Gasteiger partial charge is 0.133 e. The van der Waals surface area contributed by atoms with Gasteiger partial charge in [-0.1, -0.05) is 6.92 Å². The first-order valence-electron chi connectivity index (χ1n) is 6.64. The predicted molar refractivity (Wildman–Crippen MR) is 78.3 cm³/mol. The molecule has 0 amide bonds. The maximum atomic E-state index is 4.68. The van der Waals surface area contributed by atoms with E-state index in [1.165, 1.54) is 0 Å². The largest absolute Gasteiger partial charge is 0.373 e. The quantitative estimate of drug-likeness (QED) is 0.913. The first-order chi connectivity index (χ1) is 9.15. The Morgan fingerprint density at radius 2 is 1.95 bits per heavy atom. The average Bonchev–Trinajstić information content (AvgIpc) is 2.42. The van der Waals surface area contributed by atoms with Gasteiger partial charge in [0.05, 0.1) is 5.69 Å². The lowest BCUT2D eigenvalue weighted by atomic mass is 10.1. The number of anilines is 1. The molecule has 1 N–H and O–H groups in total. The Kier molecular flexibility index (Phi) is 4.10. The van der Waals surface area contributed by atoms with Crippen molar-refractivity contribution in [1.29, 1.82) is 0 Å². The van der Waals surface area contributed by atoms with Crippen molar-refractivity contribution in [3.63, 3.8) is 0 Å². The highest BCUT2D eigenvalue weighted by atomic mass is 15.0. The molecule has 0 aliphatic rings. The van der Waals surface area contributed by atoms with E-state index in [2.05, 4.69) is 33.3 Å². The Balaban J connectivity index is 2.54. The van der Waals surface area contributed by atoms with Crippen LogP contribution in [-0.4, -0.2) is 22.0 Å². The van der Waals surface area contributed by atoms with Crippen molar-refractivity contribution in [3.05, 3.63) is 35.4 Å². The number of pyridine rings is 1. The topological polar surface area (TPSA) is 50.7 Å². The van der Waals surface area contributed by atoms with E-state index in [0.717, 1.165) is 47.0 Å². The molecule has 0 unspecified atom stereocenters. The zero-order valence-corrected chi connectivity index (χ0v) is 12.0. The minimum absolute atomic E-state index is 0.882. The summed E-state index contributed by atoms with van der Waals surface area (Å²) >= 11 is 0. The van der Waals surface area contributed by atoms with Gasteiger partial charge < -0.3 is 5.32 Å². The summed E-state index contributed by atoms with van der Waals surface area (Å²) in [5.74, 6) is 1.78. The SMILES string of the molecule is CCCc1nc(NC)c(C)c(-c2ccc(C)nc2)n1. The van der Waals surface area contributed by atoms with Crippen molar-refractivity contribution >= 4 is 5.82 Å². The van der Waals surface area contributed by atoms with Crippen molar-refractivity contribution in [2.75, 3.05) is 12.4 Å². The summed E-state index contributed by atoms with van der Waals surface area (Å²) in [5, 5.41) is 3.14. The van der Waals surface area contributed by atoms with Crippen LogP contribution in [0, 0.1) is 13.8 Å². The highest BCUT2D eigenvalue weighted by Crippen LogP contribution is 2.25. The van der Waals surface area contributed by atoms with Crippen LogP contribution in [0.3, 0.4) is 0 Å². The van der Waals surface area contributed by atoms with Gasteiger partial charge >= 0.3 is 0 Å². The van der Waals surface area contributed by atoms with Crippen LogP contribution in [0.5, 0.6) is 0 Å². The van der Waals surface area contributed by atoms with E-state index < -0.39 is 0 Å². The molecule has 4 nitrogen and oxygen atoms in total. The van der Waals surface area contributed by atoms with Gasteiger partial charge in [-0.3, -0.25) is 4.98 Å². The number of hydrogen-bond donors (Lipinski definition) is 1. The van der Waals surface area contributed by atoms with Crippen LogP contribution in [0.2, 0.25) is 0 Å². The van der Waals surface area contributed by atoms with Crippen LogP contribution < -0.4 is 5.32 Å². The Hall–Kier alpha value is -1.97. The molecule has 0 aromatic carbocycles. The second-order valence-corrected chi connectivity index (χ2v) is 4.65. The lowest BCUT2D eigenvalue weighted by Gasteiger charge is -2.12. The molecular formula is C15H20N4. The minimum Gasteiger partial charge on any atom is -0.373 e. The van der Waals surface area contributed by atoms with Gasteiger partial charge in [0.2, 0.25) is 0 Å². The summed E-state index contributed by atoms with van der Waals surface area (Å²) in [4.78, 5) is 13.6. The number of aromatic nitrogens is 3. The maximum absolute atomic E-state index is 4.68. The van der Waals surface area contributed by atoms with E-state index in [4.69, 9.17) is 0 Å². The third-order valence-electron chi connectivity index (χ3n) is 3.09. The number of hydrogen-bond acceptors (Lipinski definition) is 4. The zero-order chi connectivity index (χ0) is 13.8. The molecule has 0 saturated heterocycles.